The molecule has 0 saturated carbocycles. The van der Waals surface area contributed by atoms with Crippen molar-refractivity contribution in [3.05, 3.63) is 40.3 Å². The number of carbonyl (C=O) groups excluding carboxylic acids is 2. The number of benzene rings is 1. The number of carbonyl (C=O) groups is 2. The van der Waals surface area contributed by atoms with Gasteiger partial charge in [0.2, 0.25) is 5.91 Å². The second-order valence-electron chi connectivity index (χ2n) is 6.23. The van der Waals surface area contributed by atoms with E-state index in [1.165, 1.54) is 23.3 Å². The molecule has 1 aliphatic carbocycles. The zero-order valence-electron chi connectivity index (χ0n) is 15.5. The second-order valence-corrected chi connectivity index (χ2v) is 8.50. The minimum Gasteiger partial charge on any atom is -0.497 e. The van der Waals surface area contributed by atoms with Gasteiger partial charge in [-0.15, -0.1) is 23.1 Å². The van der Waals surface area contributed by atoms with Crippen LogP contribution >= 0.6 is 23.1 Å². The summed E-state index contributed by atoms with van der Waals surface area (Å²) in [6, 6.07) is 7.89. The van der Waals surface area contributed by atoms with Gasteiger partial charge in [0.05, 0.1) is 19.8 Å². The number of thiophene rings is 1. The van der Waals surface area contributed by atoms with Crippen LogP contribution in [0.2, 0.25) is 0 Å². The molecule has 144 valence electrons. The second kappa shape index (κ2) is 9.28. The van der Waals surface area contributed by atoms with E-state index in [0.29, 0.717) is 17.0 Å². The van der Waals surface area contributed by atoms with Gasteiger partial charge in [-0.3, -0.25) is 4.79 Å². The number of rotatable bonds is 8. The standard InChI is InChI=1S/C20H23NO4S2/c1-24-13-8-10-14(11-9-13)26-12-4-7-17(22)21-19-18(20(23)25-2)15-5-3-6-16(15)27-19/h8-11H,3-7,12H2,1-2H3,(H,21,22). The highest BCUT2D eigenvalue weighted by molar-refractivity contribution is 7.99. The Labute approximate surface area is 167 Å². The van der Waals surface area contributed by atoms with E-state index in [-0.39, 0.29) is 11.9 Å². The van der Waals surface area contributed by atoms with E-state index in [2.05, 4.69) is 5.32 Å². The molecule has 0 fully saturated rings. The van der Waals surface area contributed by atoms with Gasteiger partial charge in [-0.25, -0.2) is 4.79 Å². The molecule has 0 bridgehead atoms. The summed E-state index contributed by atoms with van der Waals surface area (Å²) >= 11 is 3.22. The largest absolute Gasteiger partial charge is 0.497 e. The zero-order chi connectivity index (χ0) is 19.2. The number of nitrogens with one attached hydrogen (secondary N) is 1. The highest BCUT2D eigenvalue weighted by Crippen LogP contribution is 2.39. The van der Waals surface area contributed by atoms with E-state index in [1.54, 1.807) is 18.9 Å². The molecule has 2 aromatic rings. The lowest BCUT2D eigenvalue weighted by Crippen LogP contribution is -2.14. The molecule has 3 rings (SSSR count). The number of anilines is 1. The minimum absolute atomic E-state index is 0.0598. The van der Waals surface area contributed by atoms with Crippen molar-refractivity contribution < 1.29 is 19.1 Å². The summed E-state index contributed by atoms with van der Waals surface area (Å²) in [4.78, 5) is 26.8. The number of hydrogen-bond donors (Lipinski definition) is 1. The molecule has 0 saturated heterocycles. The van der Waals surface area contributed by atoms with Gasteiger partial charge in [-0.1, -0.05) is 0 Å². The Balaban J connectivity index is 1.50. The lowest BCUT2D eigenvalue weighted by molar-refractivity contribution is -0.116. The van der Waals surface area contributed by atoms with Gasteiger partial charge in [-0.05, 0) is 61.3 Å². The lowest BCUT2D eigenvalue weighted by Gasteiger charge is -2.07. The number of fused-ring (bicyclic) bond motifs is 1. The van der Waals surface area contributed by atoms with Crippen molar-refractivity contribution in [1.82, 2.24) is 0 Å². The molecule has 1 aromatic heterocycles. The highest BCUT2D eigenvalue weighted by Gasteiger charge is 2.27. The van der Waals surface area contributed by atoms with Gasteiger partial charge >= 0.3 is 5.97 Å². The fourth-order valence-electron chi connectivity index (χ4n) is 3.09. The van der Waals surface area contributed by atoms with Crippen LogP contribution in [0, 0.1) is 0 Å². The summed E-state index contributed by atoms with van der Waals surface area (Å²) in [6.07, 6.45) is 4.10. The quantitative estimate of drug-likeness (QED) is 0.397. The summed E-state index contributed by atoms with van der Waals surface area (Å²) < 4.78 is 10.1. The average Bonchev–Trinajstić information content (AvgIpc) is 3.26. The first-order chi connectivity index (χ1) is 13.1. The Bertz CT molecular complexity index is 814. The van der Waals surface area contributed by atoms with Gasteiger partial charge < -0.3 is 14.8 Å². The van der Waals surface area contributed by atoms with E-state index in [0.717, 1.165) is 47.6 Å². The van der Waals surface area contributed by atoms with Crippen LogP contribution in [0.4, 0.5) is 5.00 Å². The van der Waals surface area contributed by atoms with Crippen LogP contribution in [0.25, 0.3) is 0 Å². The van der Waals surface area contributed by atoms with Gasteiger partial charge in [0.15, 0.2) is 0 Å². The minimum atomic E-state index is -0.361. The van der Waals surface area contributed by atoms with Crippen LogP contribution in [-0.4, -0.2) is 31.8 Å². The third-order valence-corrected chi connectivity index (χ3v) is 6.75. The van der Waals surface area contributed by atoms with Crippen molar-refractivity contribution in [3.63, 3.8) is 0 Å². The van der Waals surface area contributed by atoms with E-state index in [1.807, 2.05) is 24.3 Å². The maximum Gasteiger partial charge on any atom is 0.341 e. The predicted molar refractivity (Wildman–Crippen MR) is 109 cm³/mol. The SMILES string of the molecule is COC(=O)c1c(NC(=O)CCCSc2ccc(OC)cc2)sc2c1CCC2. The fraction of sp³-hybridized carbons (Fsp3) is 0.400. The number of esters is 1. The van der Waals surface area contributed by atoms with Crippen LogP contribution in [0.3, 0.4) is 0 Å². The van der Waals surface area contributed by atoms with E-state index in [4.69, 9.17) is 9.47 Å². The molecular weight excluding hydrogens is 382 g/mol. The molecule has 1 amide bonds. The van der Waals surface area contributed by atoms with Crippen molar-refractivity contribution in [3.8, 4) is 5.75 Å². The van der Waals surface area contributed by atoms with Gasteiger partial charge in [-0.2, -0.15) is 0 Å². The summed E-state index contributed by atoms with van der Waals surface area (Å²) in [5.41, 5.74) is 1.60. The van der Waals surface area contributed by atoms with Crippen LogP contribution in [0.15, 0.2) is 29.2 Å². The van der Waals surface area contributed by atoms with E-state index in [9.17, 15) is 9.59 Å². The summed E-state index contributed by atoms with van der Waals surface area (Å²) in [7, 11) is 3.03. The third-order valence-electron chi connectivity index (χ3n) is 4.44. The molecule has 1 aromatic carbocycles. The Morgan fingerprint density at radius 2 is 1.96 bits per heavy atom. The van der Waals surface area contributed by atoms with Crippen molar-refractivity contribution in [2.45, 2.75) is 37.0 Å². The molecule has 1 heterocycles. The summed E-state index contributed by atoms with van der Waals surface area (Å²) in [6.45, 7) is 0. The average molecular weight is 406 g/mol. The summed E-state index contributed by atoms with van der Waals surface area (Å²) in [5, 5.41) is 3.56. The van der Waals surface area contributed by atoms with Crippen molar-refractivity contribution >= 4 is 40.0 Å². The normalized spacial score (nSPS) is 12.5. The predicted octanol–water partition coefficient (Wildman–Crippen LogP) is 4.54. The van der Waals surface area contributed by atoms with Gasteiger partial charge in [0.1, 0.15) is 10.8 Å². The van der Waals surface area contributed by atoms with E-state index >= 15 is 0 Å². The number of amides is 1. The van der Waals surface area contributed by atoms with Crippen molar-refractivity contribution in [1.29, 1.82) is 0 Å². The molecule has 27 heavy (non-hydrogen) atoms. The molecular formula is C20H23NO4S2. The third kappa shape index (κ3) is 4.84. The van der Waals surface area contributed by atoms with Crippen LogP contribution in [-0.2, 0) is 22.4 Å². The monoisotopic (exact) mass is 405 g/mol. The van der Waals surface area contributed by atoms with Crippen LogP contribution in [0.5, 0.6) is 5.75 Å². The smallest absolute Gasteiger partial charge is 0.341 e. The molecule has 0 unspecified atom stereocenters. The van der Waals surface area contributed by atoms with Crippen molar-refractivity contribution in [2.24, 2.45) is 0 Å². The van der Waals surface area contributed by atoms with E-state index < -0.39 is 0 Å². The topological polar surface area (TPSA) is 64.6 Å². The number of thioether (sulfide) groups is 1. The number of methoxy groups -OCH3 is 2. The molecule has 7 heteroatoms. The molecule has 0 radical (unpaired) electrons. The Morgan fingerprint density at radius 3 is 2.67 bits per heavy atom. The maximum atomic E-state index is 12.3. The number of ether oxygens (including phenoxy) is 2. The first-order valence-electron chi connectivity index (χ1n) is 8.92. The fourth-order valence-corrected chi connectivity index (χ4v) is 5.24. The molecule has 0 spiro atoms. The van der Waals surface area contributed by atoms with Crippen molar-refractivity contribution in [2.75, 3.05) is 25.3 Å². The Hall–Kier alpha value is -1.99. The summed E-state index contributed by atoms with van der Waals surface area (Å²) in [5.74, 6) is 1.27. The molecule has 0 aliphatic heterocycles. The molecule has 1 aliphatic rings. The van der Waals surface area contributed by atoms with Gasteiger partial charge in [0.25, 0.3) is 0 Å². The Morgan fingerprint density at radius 1 is 1.19 bits per heavy atom. The lowest BCUT2D eigenvalue weighted by atomic mass is 10.1. The molecule has 5 nitrogen and oxygen atoms in total. The van der Waals surface area contributed by atoms with Crippen LogP contribution in [0.1, 0.15) is 40.1 Å². The highest BCUT2D eigenvalue weighted by atomic mass is 32.2. The zero-order valence-corrected chi connectivity index (χ0v) is 17.1. The van der Waals surface area contributed by atoms with Gasteiger partial charge in [0, 0.05) is 16.2 Å². The maximum absolute atomic E-state index is 12.3. The van der Waals surface area contributed by atoms with Crippen LogP contribution < -0.4 is 10.1 Å². The number of hydrogen-bond acceptors (Lipinski definition) is 6. The molecule has 1 N–H and O–H groups in total. The number of aryl methyl sites for hydroxylation is 1. The Kier molecular flexibility index (Phi) is 6.79. The first-order valence-corrected chi connectivity index (χ1v) is 10.7. The first kappa shape index (κ1) is 19.8. The molecule has 0 atom stereocenters.